The lowest BCUT2D eigenvalue weighted by Gasteiger charge is -2.33. The van der Waals surface area contributed by atoms with E-state index in [9.17, 15) is 9.59 Å². The third-order valence-corrected chi connectivity index (χ3v) is 4.68. The summed E-state index contributed by atoms with van der Waals surface area (Å²) in [5.41, 5.74) is 0. The summed E-state index contributed by atoms with van der Waals surface area (Å²) >= 11 is 5.02. The van der Waals surface area contributed by atoms with Gasteiger partial charge < -0.3 is 9.80 Å². The summed E-state index contributed by atoms with van der Waals surface area (Å²) in [7, 11) is 0. The first-order valence-corrected chi connectivity index (χ1v) is 7.06. The Morgan fingerprint density at radius 2 is 1.94 bits per heavy atom. The van der Waals surface area contributed by atoms with E-state index in [4.69, 9.17) is 0 Å². The molecule has 1 saturated heterocycles. The number of hydrogen-bond acceptors (Lipinski definition) is 3. The molecule has 0 aromatic carbocycles. The number of rotatable bonds is 3. The Kier molecular flexibility index (Phi) is 3.83. The van der Waals surface area contributed by atoms with E-state index in [2.05, 4.69) is 15.9 Å². The second kappa shape index (κ2) is 5.18. The summed E-state index contributed by atoms with van der Waals surface area (Å²) in [6, 6.07) is 1.95. The molecular formula is C11H13BrN2O2S. The molecule has 0 aliphatic carbocycles. The van der Waals surface area contributed by atoms with Gasteiger partial charge in [-0.2, -0.15) is 0 Å². The lowest BCUT2D eigenvalue weighted by molar-refractivity contribution is -0.150. The molecule has 1 aliphatic rings. The van der Waals surface area contributed by atoms with Gasteiger partial charge in [0.05, 0.1) is 13.1 Å². The first-order chi connectivity index (χ1) is 8.11. The smallest absolute Gasteiger partial charge is 0.242 e. The van der Waals surface area contributed by atoms with Crippen molar-refractivity contribution in [3.8, 4) is 0 Å². The minimum absolute atomic E-state index is 0.0201. The standard InChI is InChI=1S/C11H13BrN2O2S/c1-2-13-6-11(16)14(7-10(13)15)5-9-8(12)3-4-17-9/h3-4H,2,5-7H2,1H3. The van der Waals surface area contributed by atoms with Gasteiger partial charge >= 0.3 is 0 Å². The van der Waals surface area contributed by atoms with Crippen molar-refractivity contribution in [3.05, 3.63) is 20.8 Å². The number of piperazine rings is 1. The van der Waals surface area contributed by atoms with Gasteiger partial charge in [-0.3, -0.25) is 9.59 Å². The first-order valence-electron chi connectivity index (χ1n) is 5.39. The fourth-order valence-corrected chi connectivity index (χ4v) is 3.24. The average molecular weight is 317 g/mol. The maximum atomic E-state index is 11.9. The lowest BCUT2D eigenvalue weighted by Crippen LogP contribution is -2.53. The molecule has 0 atom stereocenters. The molecule has 1 aromatic heterocycles. The average Bonchev–Trinajstić information content (AvgIpc) is 2.69. The fourth-order valence-electron chi connectivity index (χ4n) is 1.75. The van der Waals surface area contributed by atoms with Gasteiger partial charge in [0, 0.05) is 15.9 Å². The predicted octanol–water partition coefficient (Wildman–Crippen LogP) is 1.70. The van der Waals surface area contributed by atoms with E-state index in [1.54, 1.807) is 21.1 Å². The monoisotopic (exact) mass is 316 g/mol. The molecule has 0 bridgehead atoms. The summed E-state index contributed by atoms with van der Waals surface area (Å²) < 4.78 is 1.00. The number of likely N-dealkylation sites (N-methyl/N-ethyl adjacent to an activating group) is 1. The van der Waals surface area contributed by atoms with Gasteiger partial charge in [-0.15, -0.1) is 11.3 Å². The van der Waals surface area contributed by atoms with Crippen LogP contribution in [0.1, 0.15) is 11.8 Å². The third kappa shape index (κ3) is 2.69. The highest BCUT2D eigenvalue weighted by Gasteiger charge is 2.29. The van der Waals surface area contributed by atoms with Crippen molar-refractivity contribution >= 4 is 39.1 Å². The first kappa shape index (κ1) is 12.6. The molecule has 0 N–H and O–H groups in total. The highest BCUT2D eigenvalue weighted by molar-refractivity contribution is 9.10. The van der Waals surface area contributed by atoms with Gasteiger partial charge in [-0.05, 0) is 34.3 Å². The Morgan fingerprint density at radius 3 is 2.53 bits per heavy atom. The number of hydrogen-bond donors (Lipinski definition) is 0. The van der Waals surface area contributed by atoms with Crippen LogP contribution >= 0.6 is 27.3 Å². The van der Waals surface area contributed by atoms with E-state index in [-0.39, 0.29) is 24.9 Å². The van der Waals surface area contributed by atoms with Crippen molar-refractivity contribution in [2.45, 2.75) is 13.5 Å². The molecule has 0 unspecified atom stereocenters. The Labute approximate surface area is 112 Å². The van der Waals surface area contributed by atoms with Gasteiger partial charge in [-0.1, -0.05) is 0 Å². The molecule has 1 aromatic rings. The number of amides is 2. The van der Waals surface area contributed by atoms with Crippen molar-refractivity contribution in [2.24, 2.45) is 0 Å². The number of nitrogens with zero attached hydrogens (tertiary/aromatic N) is 2. The zero-order chi connectivity index (χ0) is 12.4. The summed E-state index contributed by atoms with van der Waals surface area (Å²) in [6.07, 6.45) is 0. The minimum Gasteiger partial charge on any atom is -0.332 e. The number of thiophene rings is 1. The normalized spacial score (nSPS) is 16.8. The van der Waals surface area contributed by atoms with Crippen LogP contribution in [-0.4, -0.2) is 41.2 Å². The molecule has 17 heavy (non-hydrogen) atoms. The Bertz CT molecular complexity index is 446. The van der Waals surface area contributed by atoms with Crippen LogP contribution in [0, 0.1) is 0 Å². The lowest BCUT2D eigenvalue weighted by atomic mass is 10.3. The topological polar surface area (TPSA) is 40.6 Å². The van der Waals surface area contributed by atoms with E-state index < -0.39 is 0 Å². The van der Waals surface area contributed by atoms with Crippen molar-refractivity contribution < 1.29 is 9.59 Å². The second-order valence-electron chi connectivity index (χ2n) is 3.85. The fraction of sp³-hybridized carbons (Fsp3) is 0.455. The molecule has 0 spiro atoms. The van der Waals surface area contributed by atoms with Crippen LogP contribution in [0.2, 0.25) is 0 Å². The van der Waals surface area contributed by atoms with Crippen molar-refractivity contribution in [3.63, 3.8) is 0 Å². The maximum Gasteiger partial charge on any atom is 0.242 e. The van der Waals surface area contributed by atoms with Gasteiger partial charge in [0.25, 0.3) is 0 Å². The zero-order valence-corrected chi connectivity index (χ0v) is 11.9. The van der Waals surface area contributed by atoms with Crippen LogP contribution in [-0.2, 0) is 16.1 Å². The summed E-state index contributed by atoms with van der Waals surface area (Å²) in [5.74, 6) is 0.0477. The Hall–Kier alpha value is -0.880. The van der Waals surface area contributed by atoms with Crippen LogP contribution < -0.4 is 0 Å². The number of carbonyl (C=O) groups is 2. The molecule has 2 rings (SSSR count). The molecule has 92 valence electrons. The minimum atomic E-state index is 0.0201. The molecule has 0 saturated carbocycles. The van der Waals surface area contributed by atoms with Crippen molar-refractivity contribution in [1.29, 1.82) is 0 Å². The molecule has 0 radical (unpaired) electrons. The largest absolute Gasteiger partial charge is 0.332 e. The summed E-state index contributed by atoms with van der Waals surface area (Å²) in [5, 5.41) is 1.97. The number of carbonyl (C=O) groups excluding carboxylic acids is 2. The van der Waals surface area contributed by atoms with Crippen LogP contribution in [0.3, 0.4) is 0 Å². The van der Waals surface area contributed by atoms with E-state index in [1.807, 2.05) is 18.4 Å². The Morgan fingerprint density at radius 1 is 1.29 bits per heavy atom. The van der Waals surface area contributed by atoms with Crippen LogP contribution in [0.5, 0.6) is 0 Å². The molecule has 2 amide bonds. The zero-order valence-electron chi connectivity index (χ0n) is 9.48. The van der Waals surface area contributed by atoms with Gasteiger partial charge in [-0.25, -0.2) is 0 Å². The molecule has 1 aliphatic heterocycles. The molecule has 6 heteroatoms. The number of halogens is 1. The van der Waals surface area contributed by atoms with Crippen LogP contribution in [0.15, 0.2) is 15.9 Å². The predicted molar refractivity (Wildman–Crippen MR) is 69.7 cm³/mol. The summed E-state index contributed by atoms with van der Waals surface area (Å²) in [6.45, 7) is 3.40. The van der Waals surface area contributed by atoms with E-state index in [1.165, 1.54) is 0 Å². The molecule has 1 fully saturated rings. The highest BCUT2D eigenvalue weighted by Crippen LogP contribution is 2.24. The Balaban J connectivity index is 2.06. The van der Waals surface area contributed by atoms with Gasteiger partial charge in [0.15, 0.2) is 0 Å². The summed E-state index contributed by atoms with van der Waals surface area (Å²) in [4.78, 5) is 27.9. The van der Waals surface area contributed by atoms with E-state index >= 15 is 0 Å². The van der Waals surface area contributed by atoms with Crippen molar-refractivity contribution in [2.75, 3.05) is 19.6 Å². The van der Waals surface area contributed by atoms with Gasteiger partial charge in [0.2, 0.25) is 11.8 Å². The SMILES string of the molecule is CCN1CC(=O)N(Cc2sccc2Br)CC1=O. The maximum absolute atomic E-state index is 11.9. The molecular weight excluding hydrogens is 304 g/mol. The van der Waals surface area contributed by atoms with Gasteiger partial charge in [0.1, 0.15) is 6.54 Å². The second-order valence-corrected chi connectivity index (χ2v) is 5.70. The van der Waals surface area contributed by atoms with E-state index in [0.29, 0.717) is 13.1 Å². The quantitative estimate of drug-likeness (QED) is 0.851. The molecule has 2 heterocycles. The third-order valence-electron chi connectivity index (χ3n) is 2.76. The van der Waals surface area contributed by atoms with Crippen LogP contribution in [0.4, 0.5) is 0 Å². The molecule has 4 nitrogen and oxygen atoms in total. The highest BCUT2D eigenvalue weighted by atomic mass is 79.9. The van der Waals surface area contributed by atoms with E-state index in [0.717, 1.165) is 9.35 Å². The van der Waals surface area contributed by atoms with Crippen molar-refractivity contribution in [1.82, 2.24) is 9.80 Å². The van der Waals surface area contributed by atoms with Crippen LogP contribution in [0.25, 0.3) is 0 Å².